The van der Waals surface area contributed by atoms with Crippen molar-refractivity contribution in [2.24, 2.45) is 0 Å². The van der Waals surface area contributed by atoms with Gasteiger partial charge >= 0.3 is 0 Å². The summed E-state index contributed by atoms with van der Waals surface area (Å²) in [4.78, 5) is 0. The van der Waals surface area contributed by atoms with Gasteiger partial charge in [0.15, 0.2) is 0 Å². The molecule has 23 heavy (non-hydrogen) atoms. The molecule has 5 nitrogen and oxygen atoms in total. The molecule has 5 heteroatoms. The second-order valence-corrected chi connectivity index (χ2v) is 5.37. The van der Waals surface area contributed by atoms with Crippen molar-refractivity contribution >= 4 is 0 Å². The van der Waals surface area contributed by atoms with E-state index in [1.54, 1.807) is 13.2 Å². The van der Waals surface area contributed by atoms with E-state index in [-0.39, 0.29) is 25.1 Å². The fourth-order valence-electron chi connectivity index (χ4n) is 2.25. The maximum absolute atomic E-state index is 5.91. The van der Waals surface area contributed by atoms with Gasteiger partial charge in [-0.1, -0.05) is 36.4 Å². The lowest BCUT2D eigenvalue weighted by molar-refractivity contribution is -0.117. The van der Waals surface area contributed by atoms with Crippen molar-refractivity contribution in [3.05, 3.63) is 48.6 Å². The van der Waals surface area contributed by atoms with Crippen LogP contribution < -0.4 is 0 Å². The molecule has 0 spiro atoms. The van der Waals surface area contributed by atoms with Crippen molar-refractivity contribution in [1.82, 2.24) is 0 Å². The lowest BCUT2D eigenvalue weighted by atomic mass is 10.1. The van der Waals surface area contributed by atoms with Crippen molar-refractivity contribution in [3.63, 3.8) is 0 Å². The van der Waals surface area contributed by atoms with Crippen LogP contribution in [0.4, 0.5) is 0 Å². The lowest BCUT2D eigenvalue weighted by Crippen LogP contribution is -2.35. The highest BCUT2D eigenvalue weighted by Crippen LogP contribution is 2.22. The van der Waals surface area contributed by atoms with Gasteiger partial charge in [0.2, 0.25) is 0 Å². The Bertz CT molecular complexity index is 432. The number of hydrogen-bond donors (Lipinski definition) is 0. The molecule has 2 rings (SSSR count). The fraction of sp³-hybridized carbons (Fsp3) is 0.556. The molecule has 1 saturated heterocycles. The average molecular weight is 322 g/mol. The molecule has 0 bridgehead atoms. The summed E-state index contributed by atoms with van der Waals surface area (Å²) in [7, 11) is 1.59. The van der Waals surface area contributed by atoms with Gasteiger partial charge in [-0.3, -0.25) is 0 Å². The number of methoxy groups -OCH3 is 1. The highest BCUT2D eigenvalue weighted by atomic mass is 16.7. The number of epoxide rings is 1. The van der Waals surface area contributed by atoms with Gasteiger partial charge in [-0.05, 0) is 12.0 Å². The summed E-state index contributed by atoms with van der Waals surface area (Å²) in [5, 5.41) is 0. The quantitative estimate of drug-likeness (QED) is 0.242. The Kier molecular flexibility index (Phi) is 8.28. The Morgan fingerprint density at radius 2 is 2.04 bits per heavy atom. The smallest absolute Gasteiger partial charge is 0.147 e. The summed E-state index contributed by atoms with van der Waals surface area (Å²) < 4.78 is 27.4. The van der Waals surface area contributed by atoms with Gasteiger partial charge in [0, 0.05) is 20.3 Å². The Hall–Kier alpha value is -1.24. The topological polar surface area (TPSA) is 49.5 Å². The number of benzene rings is 1. The third kappa shape index (κ3) is 6.81. The molecule has 1 aromatic rings. The standard InChI is InChI=1S/C18H26O5/c1-3-16(23-14-19-2)18(17-13-22-17)21-11-7-10-20-12-15-8-5-4-6-9-15/h3-6,8-9,16-18H,1,7,10-14H2,2H3. The van der Waals surface area contributed by atoms with Gasteiger partial charge in [0.1, 0.15) is 25.1 Å². The summed E-state index contributed by atoms with van der Waals surface area (Å²) in [6, 6.07) is 10.1. The van der Waals surface area contributed by atoms with Gasteiger partial charge < -0.3 is 23.7 Å². The summed E-state index contributed by atoms with van der Waals surface area (Å²) >= 11 is 0. The average Bonchev–Trinajstić information content (AvgIpc) is 3.42. The summed E-state index contributed by atoms with van der Waals surface area (Å²) in [6.45, 7) is 6.59. The summed E-state index contributed by atoms with van der Waals surface area (Å²) in [5.41, 5.74) is 1.18. The molecule has 0 N–H and O–H groups in total. The van der Waals surface area contributed by atoms with E-state index < -0.39 is 0 Å². The molecular weight excluding hydrogens is 296 g/mol. The van der Waals surface area contributed by atoms with E-state index in [0.29, 0.717) is 26.4 Å². The minimum atomic E-state index is -0.229. The molecule has 3 atom stereocenters. The maximum Gasteiger partial charge on any atom is 0.147 e. The molecule has 0 aliphatic carbocycles. The molecule has 1 aliphatic rings. The van der Waals surface area contributed by atoms with Gasteiger partial charge in [0.25, 0.3) is 0 Å². The fourth-order valence-corrected chi connectivity index (χ4v) is 2.25. The molecule has 1 fully saturated rings. The van der Waals surface area contributed by atoms with E-state index in [2.05, 4.69) is 18.7 Å². The second-order valence-electron chi connectivity index (χ2n) is 5.37. The van der Waals surface area contributed by atoms with Gasteiger partial charge in [-0.15, -0.1) is 6.58 Å². The van der Waals surface area contributed by atoms with Crippen LogP contribution in [0.25, 0.3) is 0 Å². The first kappa shape index (κ1) is 18.1. The van der Waals surface area contributed by atoms with Crippen LogP contribution >= 0.6 is 0 Å². The molecule has 0 aromatic heterocycles. The first-order valence-electron chi connectivity index (χ1n) is 7.93. The zero-order valence-corrected chi connectivity index (χ0v) is 13.7. The molecular formula is C18H26O5. The molecule has 0 saturated carbocycles. The summed E-state index contributed by atoms with van der Waals surface area (Å²) in [6.07, 6.45) is 2.27. The van der Waals surface area contributed by atoms with E-state index in [0.717, 1.165) is 6.42 Å². The van der Waals surface area contributed by atoms with Gasteiger partial charge in [0.05, 0.1) is 13.2 Å². The number of ether oxygens (including phenoxy) is 5. The van der Waals surface area contributed by atoms with Crippen molar-refractivity contribution in [2.45, 2.75) is 31.3 Å². The third-order valence-corrected chi connectivity index (χ3v) is 3.51. The van der Waals surface area contributed by atoms with E-state index in [1.165, 1.54) is 5.56 Å². The SMILES string of the molecule is C=CC(OCOC)C(OCCCOCc1ccccc1)C1CO1. The van der Waals surface area contributed by atoms with Crippen LogP contribution in [0.1, 0.15) is 12.0 Å². The van der Waals surface area contributed by atoms with Crippen molar-refractivity contribution in [3.8, 4) is 0 Å². The van der Waals surface area contributed by atoms with Crippen molar-refractivity contribution in [2.75, 3.05) is 33.7 Å². The second kappa shape index (κ2) is 10.5. The van der Waals surface area contributed by atoms with E-state index in [1.807, 2.05) is 18.2 Å². The van der Waals surface area contributed by atoms with Crippen LogP contribution in [0.3, 0.4) is 0 Å². The van der Waals surface area contributed by atoms with Crippen LogP contribution in [0, 0.1) is 0 Å². The van der Waals surface area contributed by atoms with Crippen LogP contribution in [-0.2, 0) is 30.3 Å². The van der Waals surface area contributed by atoms with E-state index in [9.17, 15) is 0 Å². The first-order valence-corrected chi connectivity index (χ1v) is 7.93. The summed E-state index contributed by atoms with van der Waals surface area (Å²) in [5.74, 6) is 0. The number of rotatable bonds is 13. The zero-order chi connectivity index (χ0) is 16.3. The third-order valence-electron chi connectivity index (χ3n) is 3.51. The van der Waals surface area contributed by atoms with Crippen molar-refractivity contribution < 1.29 is 23.7 Å². The number of hydrogen-bond acceptors (Lipinski definition) is 5. The molecule has 0 amide bonds. The molecule has 1 aromatic carbocycles. The molecule has 1 heterocycles. The normalized spacial score (nSPS) is 19.3. The van der Waals surface area contributed by atoms with Crippen LogP contribution in [0.15, 0.2) is 43.0 Å². The monoisotopic (exact) mass is 322 g/mol. The predicted molar refractivity (Wildman–Crippen MR) is 87.1 cm³/mol. The van der Waals surface area contributed by atoms with E-state index >= 15 is 0 Å². The van der Waals surface area contributed by atoms with Gasteiger partial charge in [-0.25, -0.2) is 0 Å². The molecule has 0 radical (unpaired) electrons. The van der Waals surface area contributed by atoms with Gasteiger partial charge in [-0.2, -0.15) is 0 Å². The minimum absolute atomic E-state index is 0.0834. The zero-order valence-electron chi connectivity index (χ0n) is 13.7. The molecule has 1 aliphatic heterocycles. The van der Waals surface area contributed by atoms with E-state index in [4.69, 9.17) is 23.7 Å². The first-order chi connectivity index (χ1) is 11.3. The Balaban J connectivity index is 1.61. The highest BCUT2D eigenvalue weighted by molar-refractivity contribution is 5.13. The largest absolute Gasteiger partial charge is 0.377 e. The molecule has 128 valence electrons. The Morgan fingerprint density at radius 3 is 2.70 bits per heavy atom. The highest BCUT2D eigenvalue weighted by Gasteiger charge is 2.38. The van der Waals surface area contributed by atoms with Crippen LogP contribution in [0.5, 0.6) is 0 Å². The molecule has 3 unspecified atom stereocenters. The maximum atomic E-state index is 5.91. The Morgan fingerprint density at radius 1 is 1.26 bits per heavy atom. The predicted octanol–water partition coefficient (Wildman–Crippen LogP) is 2.55. The van der Waals surface area contributed by atoms with Crippen LogP contribution in [-0.4, -0.2) is 52.0 Å². The minimum Gasteiger partial charge on any atom is -0.377 e. The van der Waals surface area contributed by atoms with Crippen LogP contribution in [0.2, 0.25) is 0 Å². The Labute approximate surface area is 138 Å². The lowest BCUT2D eigenvalue weighted by Gasteiger charge is -2.23. The van der Waals surface area contributed by atoms with Crippen molar-refractivity contribution in [1.29, 1.82) is 0 Å².